The van der Waals surface area contributed by atoms with Gasteiger partial charge in [-0.3, -0.25) is 9.69 Å². The fourth-order valence-electron chi connectivity index (χ4n) is 3.38. The molecule has 0 spiro atoms. The molecule has 1 aliphatic rings. The van der Waals surface area contributed by atoms with E-state index in [2.05, 4.69) is 17.1 Å². The molecular weight excluding hydrogens is 374 g/mol. The summed E-state index contributed by atoms with van der Waals surface area (Å²) in [5.74, 6) is -0.116. The maximum Gasteiger partial charge on any atom is 0.255 e. The highest BCUT2D eigenvalue weighted by Crippen LogP contribution is 2.17. The highest BCUT2D eigenvalue weighted by Gasteiger charge is 2.23. The second kappa shape index (κ2) is 8.86. The predicted molar refractivity (Wildman–Crippen MR) is 112 cm³/mol. The monoisotopic (exact) mass is 401 g/mol. The summed E-state index contributed by atoms with van der Waals surface area (Å²) in [5, 5.41) is 2.99. The SMILES string of the molecule is CCc1ccccc1NC(=O)c1ccc(CN2CCN(S(C)(=O)=O)CC2)cc1. The Morgan fingerprint density at radius 3 is 2.25 bits per heavy atom. The van der Waals surface area contributed by atoms with Gasteiger partial charge in [0.1, 0.15) is 0 Å². The van der Waals surface area contributed by atoms with E-state index < -0.39 is 10.0 Å². The summed E-state index contributed by atoms with van der Waals surface area (Å²) in [6.45, 7) is 5.28. The Labute approximate surface area is 167 Å². The van der Waals surface area contributed by atoms with Crippen LogP contribution in [0.3, 0.4) is 0 Å². The highest BCUT2D eigenvalue weighted by atomic mass is 32.2. The molecule has 1 fully saturated rings. The molecule has 1 N–H and O–H groups in total. The zero-order valence-electron chi connectivity index (χ0n) is 16.4. The third-order valence-electron chi connectivity index (χ3n) is 5.07. The van der Waals surface area contributed by atoms with Gasteiger partial charge in [-0.25, -0.2) is 8.42 Å². The van der Waals surface area contributed by atoms with E-state index >= 15 is 0 Å². The van der Waals surface area contributed by atoms with E-state index in [4.69, 9.17) is 0 Å². The highest BCUT2D eigenvalue weighted by molar-refractivity contribution is 7.88. The molecule has 0 aliphatic carbocycles. The summed E-state index contributed by atoms with van der Waals surface area (Å²) < 4.78 is 24.7. The molecule has 150 valence electrons. The van der Waals surface area contributed by atoms with Gasteiger partial charge < -0.3 is 5.32 Å². The van der Waals surface area contributed by atoms with Crippen molar-refractivity contribution >= 4 is 21.6 Å². The van der Waals surface area contributed by atoms with Crippen molar-refractivity contribution in [1.82, 2.24) is 9.21 Å². The largest absolute Gasteiger partial charge is 0.322 e. The minimum Gasteiger partial charge on any atom is -0.322 e. The first kappa shape index (κ1) is 20.5. The fraction of sp³-hybridized carbons (Fsp3) is 0.381. The summed E-state index contributed by atoms with van der Waals surface area (Å²) in [5.41, 5.74) is 3.69. The molecule has 2 aromatic carbocycles. The predicted octanol–water partition coefficient (Wildman–Crippen LogP) is 2.58. The Balaban J connectivity index is 1.57. The van der Waals surface area contributed by atoms with Crippen LogP contribution in [-0.2, 0) is 23.0 Å². The van der Waals surface area contributed by atoms with Crippen molar-refractivity contribution < 1.29 is 13.2 Å². The zero-order chi connectivity index (χ0) is 20.1. The second-order valence-corrected chi connectivity index (χ2v) is 9.08. The van der Waals surface area contributed by atoms with E-state index in [1.54, 1.807) is 0 Å². The van der Waals surface area contributed by atoms with Crippen LogP contribution >= 0.6 is 0 Å². The van der Waals surface area contributed by atoms with Gasteiger partial charge >= 0.3 is 0 Å². The van der Waals surface area contributed by atoms with Crippen molar-refractivity contribution in [2.75, 3.05) is 37.8 Å². The average Bonchev–Trinajstić information content (AvgIpc) is 2.68. The number of anilines is 1. The number of sulfonamides is 1. The molecule has 6 nitrogen and oxygen atoms in total. The first-order valence-electron chi connectivity index (χ1n) is 9.52. The Morgan fingerprint density at radius 2 is 1.64 bits per heavy atom. The Bertz CT molecular complexity index is 918. The number of aryl methyl sites for hydroxylation is 1. The number of amides is 1. The van der Waals surface area contributed by atoms with Gasteiger partial charge in [-0.2, -0.15) is 4.31 Å². The first-order valence-corrected chi connectivity index (χ1v) is 11.4. The third kappa shape index (κ3) is 5.19. The maximum atomic E-state index is 12.5. The normalized spacial score (nSPS) is 16.1. The molecule has 0 saturated carbocycles. The molecule has 1 saturated heterocycles. The smallest absolute Gasteiger partial charge is 0.255 e. The summed E-state index contributed by atoms with van der Waals surface area (Å²) in [4.78, 5) is 14.8. The number of carbonyl (C=O) groups is 1. The minimum absolute atomic E-state index is 0.116. The van der Waals surface area contributed by atoms with Gasteiger partial charge in [-0.15, -0.1) is 0 Å². The second-order valence-electron chi connectivity index (χ2n) is 7.10. The molecule has 7 heteroatoms. The van der Waals surface area contributed by atoms with E-state index in [1.807, 2.05) is 48.5 Å². The summed E-state index contributed by atoms with van der Waals surface area (Å²) >= 11 is 0. The fourth-order valence-corrected chi connectivity index (χ4v) is 4.21. The van der Waals surface area contributed by atoms with E-state index in [0.29, 0.717) is 31.7 Å². The van der Waals surface area contributed by atoms with Gasteiger partial charge in [-0.05, 0) is 35.7 Å². The van der Waals surface area contributed by atoms with Crippen molar-refractivity contribution in [2.24, 2.45) is 0 Å². The van der Waals surface area contributed by atoms with Crippen LogP contribution in [0.4, 0.5) is 5.69 Å². The maximum absolute atomic E-state index is 12.5. The lowest BCUT2D eigenvalue weighted by Gasteiger charge is -2.33. The van der Waals surface area contributed by atoms with Gasteiger partial charge in [0.25, 0.3) is 5.91 Å². The van der Waals surface area contributed by atoms with Crippen LogP contribution in [0.5, 0.6) is 0 Å². The quantitative estimate of drug-likeness (QED) is 0.808. The Hall–Kier alpha value is -2.22. The number of carbonyl (C=O) groups excluding carboxylic acids is 1. The number of nitrogens with one attached hydrogen (secondary N) is 1. The molecule has 1 heterocycles. The van der Waals surface area contributed by atoms with E-state index in [9.17, 15) is 13.2 Å². The van der Waals surface area contributed by atoms with E-state index in [0.717, 1.165) is 29.8 Å². The van der Waals surface area contributed by atoms with Gasteiger partial charge in [-0.1, -0.05) is 37.3 Å². The molecule has 0 unspecified atom stereocenters. The number of hydrogen-bond donors (Lipinski definition) is 1. The lowest BCUT2D eigenvalue weighted by Crippen LogP contribution is -2.47. The minimum atomic E-state index is -3.11. The molecule has 0 atom stereocenters. The van der Waals surface area contributed by atoms with Gasteiger partial charge in [0.05, 0.1) is 6.26 Å². The molecule has 0 radical (unpaired) electrons. The van der Waals surface area contributed by atoms with Crippen molar-refractivity contribution in [3.63, 3.8) is 0 Å². The molecule has 1 amide bonds. The Kier molecular flexibility index (Phi) is 6.49. The van der Waals surface area contributed by atoms with Crippen LogP contribution in [0.2, 0.25) is 0 Å². The molecule has 28 heavy (non-hydrogen) atoms. The van der Waals surface area contributed by atoms with Crippen LogP contribution in [-0.4, -0.2) is 56.0 Å². The van der Waals surface area contributed by atoms with Crippen LogP contribution in [0.1, 0.15) is 28.4 Å². The topological polar surface area (TPSA) is 69.7 Å². The number of piperazine rings is 1. The van der Waals surface area contributed by atoms with Crippen molar-refractivity contribution in [3.8, 4) is 0 Å². The van der Waals surface area contributed by atoms with Crippen molar-refractivity contribution in [1.29, 1.82) is 0 Å². The number of para-hydroxylation sites is 1. The van der Waals surface area contributed by atoms with Crippen LogP contribution in [0, 0.1) is 0 Å². The number of rotatable bonds is 6. The van der Waals surface area contributed by atoms with Crippen LogP contribution in [0.25, 0.3) is 0 Å². The van der Waals surface area contributed by atoms with E-state index in [1.165, 1.54) is 10.6 Å². The Morgan fingerprint density at radius 1 is 1.00 bits per heavy atom. The standard InChI is InChI=1S/C21H27N3O3S/c1-3-18-6-4-5-7-20(18)22-21(25)19-10-8-17(9-11-19)16-23-12-14-24(15-13-23)28(2,26)27/h4-11H,3,12-16H2,1-2H3,(H,22,25). The van der Waals surface area contributed by atoms with Crippen LogP contribution in [0.15, 0.2) is 48.5 Å². The molecule has 3 rings (SSSR count). The van der Waals surface area contributed by atoms with E-state index in [-0.39, 0.29) is 5.91 Å². The van der Waals surface area contributed by atoms with Gasteiger partial charge in [0.15, 0.2) is 0 Å². The molecule has 2 aromatic rings. The van der Waals surface area contributed by atoms with Crippen LogP contribution < -0.4 is 5.32 Å². The number of benzene rings is 2. The molecule has 0 aromatic heterocycles. The van der Waals surface area contributed by atoms with Crippen molar-refractivity contribution in [2.45, 2.75) is 19.9 Å². The number of hydrogen-bond acceptors (Lipinski definition) is 4. The van der Waals surface area contributed by atoms with Gasteiger partial charge in [0.2, 0.25) is 10.0 Å². The summed E-state index contributed by atoms with van der Waals surface area (Å²) in [7, 11) is -3.11. The molecule has 0 bridgehead atoms. The molecular formula is C21H27N3O3S. The van der Waals surface area contributed by atoms with Crippen molar-refractivity contribution in [3.05, 3.63) is 65.2 Å². The zero-order valence-corrected chi connectivity index (χ0v) is 17.2. The summed E-state index contributed by atoms with van der Waals surface area (Å²) in [6, 6.07) is 15.4. The van der Waals surface area contributed by atoms with Gasteiger partial charge in [0, 0.05) is 44.0 Å². The average molecular weight is 402 g/mol. The summed E-state index contributed by atoms with van der Waals surface area (Å²) in [6.07, 6.45) is 2.12. The molecule has 1 aliphatic heterocycles. The third-order valence-corrected chi connectivity index (χ3v) is 6.37. The lowest BCUT2D eigenvalue weighted by molar-refractivity contribution is 0.102. The number of nitrogens with zero attached hydrogens (tertiary/aromatic N) is 2. The first-order chi connectivity index (χ1) is 13.4. The lowest BCUT2D eigenvalue weighted by atomic mass is 10.1.